The van der Waals surface area contributed by atoms with Crippen molar-refractivity contribution in [3.05, 3.63) is 59.4 Å². The molecule has 0 unspecified atom stereocenters. The summed E-state index contributed by atoms with van der Waals surface area (Å²) in [6.07, 6.45) is 1.39. The van der Waals surface area contributed by atoms with E-state index in [1.807, 2.05) is 39.0 Å². The molecule has 8 nitrogen and oxygen atoms in total. The van der Waals surface area contributed by atoms with E-state index < -0.39 is 10.0 Å². The second-order valence-electron chi connectivity index (χ2n) is 6.76. The third-order valence-corrected chi connectivity index (χ3v) is 7.34. The Labute approximate surface area is 187 Å². The van der Waals surface area contributed by atoms with Gasteiger partial charge in [0.15, 0.2) is 11.6 Å². The molecule has 0 spiro atoms. The fourth-order valence-electron chi connectivity index (χ4n) is 3.02. The molecule has 0 saturated carbocycles. The molecule has 1 aromatic heterocycles. The van der Waals surface area contributed by atoms with E-state index in [4.69, 9.17) is 17.3 Å². The molecule has 10 heteroatoms. The first-order valence-corrected chi connectivity index (χ1v) is 11.6. The molecular weight excluding hydrogens is 436 g/mol. The van der Waals surface area contributed by atoms with Gasteiger partial charge in [-0.25, -0.2) is 18.4 Å². The number of hydrogen-bond acceptors (Lipinski definition) is 7. The number of benzene rings is 2. The number of hydrogen-bond donors (Lipinski definition) is 3. The highest BCUT2D eigenvalue weighted by atomic mass is 35.5. The monoisotopic (exact) mass is 460 g/mol. The molecule has 0 amide bonds. The number of aromatic nitrogens is 2. The van der Waals surface area contributed by atoms with Crippen molar-refractivity contribution in [2.24, 2.45) is 0 Å². The van der Waals surface area contributed by atoms with E-state index in [0.717, 1.165) is 11.3 Å². The van der Waals surface area contributed by atoms with Crippen molar-refractivity contribution in [3.63, 3.8) is 0 Å². The van der Waals surface area contributed by atoms with Gasteiger partial charge in [0.05, 0.1) is 4.90 Å². The summed E-state index contributed by atoms with van der Waals surface area (Å²) in [7, 11) is -3.51. The molecule has 0 bridgehead atoms. The summed E-state index contributed by atoms with van der Waals surface area (Å²) in [5.41, 5.74) is 8.89. The van der Waals surface area contributed by atoms with Crippen LogP contribution in [-0.4, -0.2) is 35.8 Å². The average Bonchev–Trinajstić information content (AvgIpc) is 2.75. The van der Waals surface area contributed by atoms with Gasteiger partial charge in [-0.15, -0.1) is 0 Å². The normalized spacial score (nSPS) is 11.5. The van der Waals surface area contributed by atoms with Gasteiger partial charge in [0, 0.05) is 29.5 Å². The molecule has 0 fully saturated rings. The summed E-state index contributed by atoms with van der Waals surface area (Å²) in [6, 6.07) is 12.0. The van der Waals surface area contributed by atoms with Gasteiger partial charge in [-0.2, -0.15) is 4.31 Å². The van der Waals surface area contributed by atoms with Crippen LogP contribution in [0.15, 0.2) is 53.7 Å². The number of halogens is 1. The van der Waals surface area contributed by atoms with Crippen LogP contribution in [0, 0.1) is 6.92 Å². The van der Waals surface area contributed by atoms with Gasteiger partial charge in [-0.3, -0.25) is 0 Å². The van der Waals surface area contributed by atoms with E-state index in [1.165, 1.54) is 10.6 Å². The summed E-state index contributed by atoms with van der Waals surface area (Å²) in [5.74, 6) is 0.833. The first-order chi connectivity index (χ1) is 14.8. The second kappa shape index (κ2) is 9.51. The Morgan fingerprint density at radius 1 is 1.00 bits per heavy atom. The lowest BCUT2D eigenvalue weighted by Crippen LogP contribution is -2.30. The van der Waals surface area contributed by atoms with Crippen LogP contribution in [0.5, 0.6) is 0 Å². The summed E-state index contributed by atoms with van der Waals surface area (Å²) < 4.78 is 26.7. The van der Waals surface area contributed by atoms with E-state index in [1.54, 1.807) is 24.3 Å². The maximum Gasteiger partial charge on any atom is 0.243 e. The van der Waals surface area contributed by atoms with Crippen LogP contribution in [0.25, 0.3) is 0 Å². The second-order valence-corrected chi connectivity index (χ2v) is 9.11. The molecule has 0 atom stereocenters. The van der Waals surface area contributed by atoms with Gasteiger partial charge in [0.25, 0.3) is 0 Å². The SMILES string of the molecule is CCN(CC)S(=O)(=O)c1ccc(Nc2ncnc(Nc3cccc(Cl)c3C)c2N)cc1. The molecular formula is C21H25ClN6O2S. The molecule has 0 radical (unpaired) electrons. The van der Waals surface area contributed by atoms with Crippen molar-refractivity contribution in [2.75, 3.05) is 29.5 Å². The summed E-state index contributed by atoms with van der Waals surface area (Å²) in [5, 5.41) is 6.92. The Balaban J connectivity index is 1.82. The number of nitrogens with two attached hydrogens (primary N) is 1. The lowest BCUT2D eigenvalue weighted by atomic mass is 10.2. The van der Waals surface area contributed by atoms with Crippen LogP contribution < -0.4 is 16.4 Å². The van der Waals surface area contributed by atoms with E-state index in [-0.39, 0.29) is 4.90 Å². The van der Waals surface area contributed by atoms with Crippen LogP contribution in [0.1, 0.15) is 19.4 Å². The summed E-state index contributed by atoms with van der Waals surface area (Å²) in [6.45, 7) is 6.35. The van der Waals surface area contributed by atoms with Crippen LogP contribution in [0.4, 0.5) is 28.7 Å². The lowest BCUT2D eigenvalue weighted by Gasteiger charge is -2.18. The highest BCUT2D eigenvalue weighted by molar-refractivity contribution is 7.89. The maximum atomic E-state index is 12.6. The standard InChI is InChI=1S/C21H25ClN6O2S/c1-4-28(5-2)31(29,30)16-11-9-15(10-12-16)26-20-19(23)21(25-13-24-20)27-18-8-6-7-17(22)14(18)3/h6-13H,4-5,23H2,1-3H3,(H2,24,25,26,27). The van der Waals surface area contributed by atoms with Gasteiger partial charge in [-0.1, -0.05) is 31.5 Å². The van der Waals surface area contributed by atoms with Gasteiger partial charge in [-0.05, 0) is 48.9 Å². The van der Waals surface area contributed by atoms with Gasteiger partial charge in [0.1, 0.15) is 12.0 Å². The third kappa shape index (κ3) is 4.90. The molecule has 0 saturated heterocycles. The van der Waals surface area contributed by atoms with Crippen LogP contribution >= 0.6 is 11.6 Å². The third-order valence-electron chi connectivity index (χ3n) is 4.86. The molecule has 3 aromatic rings. The minimum absolute atomic E-state index is 0.233. The first kappa shape index (κ1) is 22.8. The molecule has 31 heavy (non-hydrogen) atoms. The van der Waals surface area contributed by atoms with Crippen LogP contribution in [0.3, 0.4) is 0 Å². The summed E-state index contributed by atoms with van der Waals surface area (Å²) in [4.78, 5) is 8.65. The largest absolute Gasteiger partial charge is 0.393 e. The predicted octanol–water partition coefficient (Wildman–Crippen LogP) is 4.54. The molecule has 2 aromatic carbocycles. The van der Waals surface area contributed by atoms with Crippen molar-refractivity contribution in [1.29, 1.82) is 0 Å². The van der Waals surface area contributed by atoms with E-state index in [2.05, 4.69) is 20.6 Å². The topological polar surface area (TPSA) is 113 Å². The average molecular weight is 461 g/mol. The maximum absolute atomic E-state index is 12.6. The number of nitrogen functional groups attached to an aromatic ring is 1. The van der Waals surface area contributed by atoms with Crippen molar-refractivity contribution in [1.82, 2.24) is 14.3 Å². The van der Waals surface area contributed by atoms with Crippen LogP contribution in [-0.2, 0) is 10.0 Å². The van der Waals surface area contributed by atoms with Crippen molar-refractivity contribution in [3.8, 4) is 0 Å². The number of sulfonamides is 1. The first-order valence-electron chi connectivity index (χ1n) is 9.77. The Kier molecular flexibility index (Phi) is 6.99. The van der Waals surface area contributed by atoms with Gasteiger partial charge in [0.2, 0.25) is 10.0 Å². The van der Waals surface area contributed by atoms with E-state index in [0.29, 0.717) is 41.1 Å². The van der Waals surface area contributed by atoms with Crippen molar-refractivity contribution >= 4 is 50.3 Å². The fraction of sp³-hybridized carbons (Fsp3) is 0.238. The number of nitrogens with zero attached hydrogens (tertiary/aromatic N) is 3. The van der Waals surface area contributed by atoms with Gasteiger partial charge >= 0.3 is 0 Å². The van der Waals surface area contributed by atoms with Gasteiger partial charge < -0.3 is 16.4 Å². The number of anilines is 5. The lowest BCUT2D eigenvalue weighted by molar-refractivity contribution is 0.445. The number of rotatable bonds is 8. The highest BCUT2D eigenvalue weighted by Gasteiger charge is 2.21. The fourth-order valence-corrected chi connectivity index (χ4v) is 4.66. The molecule has 4 N–H and O–H groups in total. The Morgan fingerprint density at radius 3 is 2.23 bits per heavy atom. The molecule has 0 aliphatic carbocycles. The highest BCUT2D eigenvalue weighted by Crippen LogP contribution is 2.31. The Bertz CT molecular complexity index is 1160. The smallest absolute Gasteiger partial charge is 0.243 e. The Hall–Kier alpha value is -2.88. The number of nitrogens with one attached hydrogen (secondary N) is 2. The quantitative estimate of drug-likeness (QED) is 0.452. The molecule has 164 valence electrons. The zero-order valence-corrected chi connectivity index (χ0v) is 19.1. The van der Waals surface area contributed by atoms with E-state index in [9.17, 15) is 8.42 Å². The molecule has 1 heterocycles. The summed E-state index contributed by atoms with van der Waals surface area (Å²) >= 11 is 6.18. The minimum atomic E-state index is -3.51. The predicted molar refractivity (Wildman–Crippen MR) is 126 cm³/mol. The van der Waals surface area contributed by atoms with E-state index >= 15 is 0 Å². The zero-order valence-electron chi connectivity index (χ0n) is 17.6. The minimum Gasteiger partial charge on any atom is -0.393 e. The zero-order chi connectivity index (χ0) is 22.6. The Morgan fingerprint density at radius 2 is 1.61 bits per heavy atom. The van der Waals surface area contributed by atoms with Crippen molar-refractivity contribution < 1.29 is 8.42 Å². The molecule has 3 rings (SSSR count). The van der Waals surface area contributed by atoms with Crippen molar-refractivity contribution in [2.45, 2.75) is 25.7 Å². The van der Waals surface area contributed by atoms with Crippen LogP contribution in [0.2, 0.25) is 5.02 Å². The molecule has 0 aliphatic rings. The molecule has 0 aliphatic heterocycles.